The van der Waals surface area contributed by atoms with E-state index in [0.717, 1.165) is 26.2 Å². The predicted octanol–water partition coefficient (Wildman–Crippen LogP) is 1.24. The van der Waals surface area contributed by atoms with Crippen LogP contribution in [0.5, 0.6) is 0 Å². The molecule has 0 bridgehead atoms. The molecule has 1 amide bonds. The minimum absolute atomic E-state index is 0.0650. The summed E-state index contributed by atoms with van der Waals surface area (Å²) in [7, 11) is -3.57. The summed E-state index contributed by atoms with van der Waals surface area (Å²) >= 11 is 5.60. The lowest BCUT2D eigenvalue weighted by molar-refractivity contribution is -0.122. The van der Waals surface area contributed by atoms with Gasteiger partial charge in [0.05, 0.1) is 18.1 Å². The lowest BCUT2D eigenvalue weighted by Gasteiger charge is -2.34. The number of piperazine rings is 1. The van der Waals surface area contributed by atoms with E-state index in [-0.39, 0.29) is 10.8 Å². The number of rotatable bonds is 10. The average Bonchev–Trinajstić information content (AvgIpc) is 3.09. The minimum Gasteiger partial charge on any atom is -0.355 e. The number of nitrogens with one attached hydrogen (secondary N) is 1. The van der Waals surface area contributed by atoms with E-state index in [9.17, 15) is 13.2 Å². The molecule has 1 aliphatic heterocycles. The molecule has 2 aromatic heterocycles. The lowest BCUT2D eigenvalue weighted by atomic mass is 10.2. The maximum absolute atomic E-state index is 12.9. The smallest absolute Gasteiger partial charge is 0.244 e. The first-order chi connectivity index (χ1) is 15.6. The van der Waals surface area contributed by atoms with Crippen molar-refractivity contribution < 1.29 is 13.2 Å². The van der Waals surface area contributed by atoms with Crippen molar-refractivity contribution in [2.75, 3.05) is 52.4 Å². The maximum atomic E-state index is 12.9. The molecule has 0 saturated carbocycles. The van der Waals surface area contributed by atoms with Crippen LogP contribution in [0.4, 0.5) is 0 Å². The fourth-order valence-electron chi connectivity index (χ4n) is 3.81. The van der Waals surface area contributed by atoms with Crippen LogP contribution in [0.1, 0.15) is 27.7 Å². The zero-order valence-corrected chi connectivity index (χ0v) is 21.5. The molecular weight excluding hydrogens is 462 g/mol. The Morgan fingerprint density at radius 1 is 1.15 bits per heavy atom. The number of nitrogens with zero attached hydrogens (tertiary/aromatic N) is 6. The second-order valence-corrected chi connectivity index (χ2v) is 11.0. The van der Waals surface area contributed by atoms with Gasteiger partial charge < -0.3 is 5.32 Å². The SMILES string of the molecule is CCN(CC)S(=O)(=O)c1ccc2nn(CN3CCN(CC(=O)NCC(C)C)CC3)c(=S)n2c1. The van der Waals surface area contributed by atoms with Crippen molar-refractivity contribution in [1.29, 1.82) is 0 Å². The first-order valence-electron chi connectivity index (χ1n) is 11.5. The Morgan fingerprint density at radius 2 is 1.79 bits per heavy atom. The molecule has 0 aromatic carbocycles. The van der Waals surface area contributed by atoms with Gasteiger partial charge in [-0.3, -0.25) is 19.0 Å². The van der Waals surface area contributed by atoms with Gasteiger partial charge in [0.2, 0.25) is 20.7 Å². The van der Waals surface area contributed by atoms with Crippen molar-refractivity contribution in [3.8, 4) is 0 Å². The first-order valence-corrected chi connectivity index (χ1v) is 13.3. The Bertz CT molecular complexity index is 1110. The van der Waals surface area contributed by atoms with Crippen molar-refractivity contribution >= 4 is 33.8 Å². The highest BCUT2D eigenvalue weighted by molar-refractivity contribution is 7.89. The zero-order chi connectivity index (χ0) is 24.2. The summed E-state index contributed by atoms with van der Waals surface area (Å²) < 4.78 is 31.0. The second kappa shape index (κ2) is 11.0. The fourth-order valence-corrected chi connectivity index (χ4v) is 5.51. The van der Waals surface area contributed by atoms with Crippen molar-refractivity contribution in [3.63, 3.8) is 0 Å². The molecule has 0 radical (unpaired) electrons. The molecule has 0 aliphatic carbocycles. The molecule has 184 valence electrons. The van der Waals surface area contributed by atoms with E-state index in [0.29, 0.717) is 49.2 Å². The topological polar surface area (TPSA) is 95.2 Å². The largest absolute Gasteiger partial charge is 0.355 e. The average molecular weight is 498 g/mol. The van der Waals surface area contributed by atoms with E-state index < -0.39 is 10.0 Å². The maximum Gasteiger partial charge on any atom is 0.244 e. The van der Waals surface area contributed by atoms with Crippen LogP contribution in [0.25, 0.3) is 5.65 Å². The number of carbonyl (C=O) groups is 1. The van der Waals surface area contributed by atoms with Crippen LogP contribution in [0.15, 0.2) is 23.2 Å². The number of hydrogen-bond donors (Lipinski definition) is 1. The molecule has 0 unspecified atom stereocenters. The second-order valence-electron chi connectivity index (χ2n) is 8.70. The van der Waals surface area contributed by atoms with Crippen LogP contribution in [-0.2, 0) is 21.5 Å². The van der Waals surface area contributed by atoms with Crippen LogP contribution in [-0.4, -0.2) is 95.0 Å². The van der Waals surface area contributed by atoms with Crippen LogP contribution < -0.4 is 5.32 Å². The van der Waals surface area contributed by atoms with E-state index in [1.807, 2.05) is 13.8 Å². The van der Waals surface area contributed by atoms with Gasteiger partial charge in [0.15, 0.2) is 5.65 Å². The lowest BCUT2D eigenvalue weighted by Crippen LogP contribution is -2.50. The molecule has 3 heterocycles. The third-order valence-electron chi connectivity index (χ3n) is 5.77. The van der Waals surface area contributed by atoms with Crippen molar-refractivity contribution in [2.45, 2.75) is 39.3 Å². The first kappa shape index (κ1) is 25.8. The molecular formula is C21H35N7O3S2. The van der Waals surface area contributed by atoms with E-state index in [2.05, 4.69) is 34.1 Å². The van der Waals surface area contributed by atoms with Crippen molar-refractivity contribution in [2.24, 2.45) is 5.92 Å². The van der Waals surface area contributed by atoms with E-state index in [4.69, 9.17) is 12.2 Å². The Hall–Kier alpha value is -1.86. The fraction of sp³-hybridized carbons (Fsp3) is 0.667. The van der Waals surface area contributed by atoms with E-state index in [1.54, 1.807) is 27.4 Å². The Kier molecular flexibility index (Phi) is 8.62. The van der Waals surface area contributed by atoms with Crippen molar-refractivity contribution in [3.05, 3.63) is 23.1 Å². The summed E-state index contributed by atoms with van der Waals surface area (Å²) in [6, 6.07) is 3.27. The number of fused-ring (bicyclic) bond motifs is 1. The van der Waals surface area contributed by atoms with Gasteiger partial charge in [-0.25, -0.2) is 13.1 Å². The molecule has 33 heavy (non-hydrogen) atoms. The number of hydrogen-bond acceptors (Lipinski definition) is 7. The van der Waals surface area contributed by atoms with E-state index in [1.165, 1.54) is 4.31 Å². The number of amides is 1. The zero-order valence-electron chi connectivity index (χ0n) is 19.9. The van der Waals surface area contributed by atoms with Crippen LogP contribution in [0, 0.1) is 10.7 Å². The van der Waals surface area contributed by atoms with Gasteiger partial charge in [-0.15, -0.1) is 0 Å². The summed E-state index contributed by atoms with van der Waals surface area (Å²) in [6.07, 6.45) is 1.56. The number of carbonyl (C=O) groups excluding carboxylic acids is 1. The monoisotopic (exact) mass is 497 g/mol. The molecule has 3 rings (SSSR count). The number of pyridine rings is 1. The molecule has 1 N–H and O–H groups in total. The molecule has 12 heteroatoms. The molecule has 1 fully saturated rings. The van der Waals surface area contributed by atoms with Crippen LogP contribution in [0.3, 0.4) is 0 Å². The summed E-state index contributed by atoms with van der Waals surface area (Å²) in [6.45, 7) is 13.4. The van der Waals surface area contributed by atoms with Gasteiger partial charge in [0.1, 0.15) is 0 Å². The van der Waals surface area contributed by atoms with Gasteiger partial charge in [-0.05, 0) is 30.3 Å². The van der Waals surface area contributed by atoms with E-state index >= 15 is 0 Å². The van der Waals surface area contributed by atoms with Crippen LogP contribution in [0.2, 0.25) is 0 Å². The van der Waals surface area contributed by atoms with Gasteiger partial charge in [-0.2, -0.15) is 9.40 Å². The predicted molar refractivity (Wildman–Crippen MR) is 130 cm³/mol. The Morgan fingerprint density at radius 3 is 2.39 bits per heavy atom. The van der Waals surface area contributed by atoms with Crippen molar-refractivity contribution in [1.82, 2.24) is 33.6 Å². The molecule has 1 saturated heterocycles. The summed E-state index contributed by atoms with van der Waals surface area (Å²) in [5.41, 5.74) is 0.610. The number of aromatic nitrogens is 3. The summed E-state index contributed by atoms with van der Waals surface area (Å²) in [5.74, 6) is 0.504. The van der Waals surface area contributed by atoms with Crippen LogP contribution >= 0.6 is 12.2 Å². The highest BCUT2D eigenvalue weighted by Crippen LogP contribution is 2.17. The van der Waals surface area contributed by atoms with Gasteiger partial charge in [0, 0.05) is 52.0 Å². The summed E-state index contributed by atoms with van der Waals surface area (Å²) in [5, 5.41) is 7.53. The standard InChI is InChI=1S/C21H35N7O3S2/c1-5-26(6-2)33(30,31)18-7-8-19-23-28(21(32)27(19)14-18)16-25-11-9-24(10-12-25)15-20(29)22-13-17(3)4/h7-8,14,17H,5-6,9-13,15-16H2,1-4H3,(H,22,29). The third-order valence-corrected chi connectivity index (χ3v) is 8.21. The molecule has 0 atom stereocenters. The molecule has 1 aliphatic rings. The molecule has 0 spiro atoms. The van der Waals surface area contributed by atoms with Gasteiger partial charge in [-0.1, -0.05) is 27.7 Å². The van der Waals surface area contributed by atoms with Gasteiger partial charge in [0.25, 0.3) is 0 Å². The third kappa shape index (κ3) is 6.18. The Balaban J connectivity index is 1.65. The van der Waals surface area contributed by atoms with Gasteiger partial charge >= 0.3 is 0 Å². The highest BCUT2D eigenvalue weighted by Gasteiger charge is 2.23. The highest BCUT2D eigenvalue weighted by atomic mass is 32.2. The quantitative estimate of drug-likeness (QED) is 0.494. The number of sulfonamides is 1. The molecule has 10 nitrogen and oxygen atoms in total. The Labute approximate surface area is 201 Å². The molecule has 2 aromatic rings. The summed E-state index contributed by atoms with van der Waals surface area (Å²) in [4.78, 5) is 16.7. The minimum atomic E-state index is -3.57. The normalized spacial score (nSPS) is 16.2.